The van der Waals surface area contributed by atoms with Crippen molar-refractivity contribution in [3.63, 3.8) is 0 Å². The third-order valence-electron chi connectivity index (χ3n) is 3.79. The Morgan fingerprint density at radius 2 is 2.11 bits per heavy atom. The van der Waals surface area contributed by atoms with Gasteiger partial charge in [-0.1, -0.05) is 19.0 Å². The van der Waals surface area contributed by atoms with Crippen molar-refractivity contribution in [3.05, 3.63) is 11.7 Å². The van der Waals surface area contributed by atoms with Gasteiger partial charge in [0, 0.05) is 19.6 Å². The van der Waals surface area contributed by atoms with Gasteiger partial charge in [0.2, 0.25) is 5.89 Å². The van der Waals surface area contributed by atoms with Crippen LogP contribution in [0.2, 0.25) is 0 Å². The molecule has 2 atom stereocenters. The average Bonchev–Trinajstić information content (AvgIpc) is 2.80. The van der Waals surface area contributed by atoms with E-state index in [1.54, 1.807) is 0 Å². The molecule has 0 saturated carbocycles. The minimum Gasteiger partial charge on any atom is -0.392 e. The number of hydrogen-bond acceptors (Lipinski definition) is 6. The minimum absolute atomic E-state index is 0.174. The quantitative estimate of drug-likeness (QED) is 0.860. The van der Waals surface area contributed by atoms with Crippen molar-refractivity contribution in [1.29, 1.82) is 0 Å². The Balaban J connectivity index is 2.03. The highest BCUT2D eigenvalue weighted by molar-refractivity contribution is 4.98. The van der Waals surface area contributed by atoms with E-state index in [2.05, 4.69) is 34.0 Å². The van der Waals surface area contributed by atoms with Crippen LogP contribution in [-0.2, 0) is 6.42 Å². The summed E-state index contributed by atoms with van der Waals surface area (Å²) in [4.78, 5) is 8.95. The van der Waals surface area contributed by atoms with Crippen molar-refractivity contribution < 1.29 is 9.63 Å². The maximum Gasteiger partial charge on any atom is 0.229 e. The number of aromatic nitrogens is 2. The summed E-state index contributed by atoms with van der Waals surface area (Å²) < 4.78 is 5.26. The van der Waals surface area contributed by atoms with Gasteiger partial charge < -0.3 is 14.5 Å². The molecule has 0 aromatic carbocycles. The first-order chi connectivity index (χ1) is 8.97. The summed E-state index contributed by atoms with van der Waals surface area (Å²) in [7, 11) is 4.18. The molecule has 1 fully saturated rings. The van der Waals surface area contributed by atoms with Crippen molar-refractivity contribution in [2.24, 2.45) is 5.92 Å². The average molecular weight is 268 g/mol. The second-order valence-corrected chi connectivity index (χ2v) is 5.82. The number of nitrogens with zero attached hydrogens (tertiary/aromatic N) is 4. The van der Waals surface area contributed by atoms with E-state index in [4.69, 9.17) is 4.52 Å². The van der Waals surface area contributed by atoms with Crippen LogP contribution in [-0.4, -0.2) is 64.9 Å². The van der Waals surface area contributed by atoms with Gasteiger partial charge >= 0.3 is 0 Å². The predicted molar refractivity (Wildman–Crippen MR) is 71.7 cm³/mol. The Kier molecular flexibility index (Phi) is 4.54. The summed E-state index contributed by atoms with van der Waals surface area (Å²) in [5.74, 6) is 1.44. The number of aliphatic hydroxyl groups excluding tert-OH is 1. The Labute approximate surface area is 114 Å². The van der Waals surface area contributed by atoms with Crippen molar-refractivity contribution in [1.82, 2.24) is 19.9 Å². The van der Waals surface area contributed by atoms with Crippen molar-refractivity contribution in [2.45, 2.75) is 32.4 Å². The summed E-state index contributed by atoms with van der Waals surface area (Å²) >= 11 is 0. The number of rotatable bonds is 4. The summed E-state index contributed by atoms with van der Waals surface area (Å²) in [6, 6.07) is 0.174. The van der Waals surface area contributed by atoms with Gasteiger partial charge in [0.05, 0.1) is 18.6 Å². The predicted octanol–water partition coefficient (Wildman–Crippen LogP) is 0.547. The van der Waals surface area contributed by atoms with Crippen molar-refractivity contribution in [3.8, 4) is 0 Å². The zero-order valence-corrected chi connectivity index (χ0v) is 12.2. The van der Waals surface area contributed by atoms with Gasteiger partial charge in [-0.15, -0.1) is 0 Å². The fraction of sp³-hybridized carbons (Fsp3) is 0.846. The molecule has 6 heteroatoms. The summed E-state index contributed by atoms with van der Waals surface area (Å²) in [5, 5.41) is 13.9. The molecule has 19 heavy (non-hydrogen) atoms. The van der Waals surface area contributed by atoms with Crippen molar-refractivity contribution >= 4 is 0 Å². The Hall–Kier alpha value is -0.980. The highest BCUT2D eigenvalue weighted by atomic mass is 16.5. The lowest BCUT2D eigenvalue weighted by Gasteiger charge is -2.35. The van der Waals surface area contributed by atoms with Crippen LogP contribution in [0, 0.1) is 5.92 Å². The van der Waals surface area contributed by atoms with E-state index in [1.165, 1.54) is 0 Å². The van der Waals surface area contributed by atoms with E-state index in [0.717, 1.165) is 25.5 Å². The Morgan fingerprint density at radius 3 is 2.79 bits per heavy atom. The normalized spacial score (nSPS) is 24.0. The molecular formula is C13H24N4O2. The monoisotopic (exact) mass is 268 g/mol. The molecule has 2 rings (SSSR count). The van der Waals surface area contributed by atoms with Gasteiger partial charge in [0.15, 0.2) is 5.82 Å². The van der Waals surface area contributed by atoms with E-state index in [9.17, 15) is 5.11 Å². The van der Waals surface area contributed by atoms with Crippen LogP contribution in [0.15, 0.2) is 4.52 Å². The third kappa shape index (κ3) is 3.52. The smallest absolute Gasteiger partial charge is 0.229 e. The van der Waals surface area contributed by atoms with Crippen LogP contribution in [0.5, 0.6) is 0 Å². The zero-order valence-electron chi connectivity index (χ0n) is 12.2. The van der Waals surface area contributed by atoms with Crippen LogP contribution < -0.4 is 0 Å². The summed E-state index contributed by atoms with van der Waals surface area (Å²) in [5.41, 5.74) is 0. The molecule has 2 unspecified atom stereocenters. The van der Waals surface area contributed by atoms with E-state index in [0.29, 0.717) is 12.3 Å². The molecule has 0 radical (unpaired) electrons. The van der Waals surface area contributed by atoms with Gasteiger partial charge in [0.1, 0.15) is 0 Å². The van der Waals surface area contributed by atoms with E-state index < -0.39 is 6.10 Å². The topological polar surface area (TPSA) is 65.6 Å². The molecule has 0 bridgehead atoms. The van der Waals surface area contributed by atoms with Gasteiger partial charge in [-0.05, 0) is 20.0 Å². The third-order valence-corrected chi connectivity index (χ3v) is 3.79. The zero-order chi connectivity index (χ0) is 14.0. The number of piperazine rings is 1. The van der Waals surface area contributed by atoms with E-state index >= 15 is 0 Å². The molecule has 1 N–H and O–H groups in total. The highest BCUT2D eigenvalue weighted by Crippen LogP contribution is 2.21. The number of likely N-dealkylation sites (N-methyl/N-ethyl adjacent to an activating group) is 2. The molecule has 6 nitrogen and oxygen atoms in total. The summed E-state index contributed by atoms with van der Waals surface area (Å²) in [6.45, 7) is 6.92. The van der Waals surface area contributed by atoms with Crippen LogP contribution in [0.4, 0.5) is 0 Å². The van der Waals surface area contributed by atoms with E-state index in [1.807, 2.05) is 13.8 Å². The lowest BCUT2D eigenvalue weighted by atomic mass is 10.0. The number of hydrogen-bond donors (Lipinski definition) is 1. The molecule has 1 aliphatic rings. The molecule has 1 aromatic rings. The fourth-order valence-electron chi connectivity index (χ4n) is 2.19. The molecule has 0 amide bonds. The Bertz CT molecular complexity index is 407. The largest absolute Gasteiger partial charge is 0.392 e. The minimum atomic E-state index is -0.431. The summed E-state index contributed by atoms with van der Waals surface area (Å²) in [6.07, 6.45) is -0.00298. The van der Waals surface area contributed by atoms with Crippen LogP contribution in [0.1, 0.15) is 31.6 Å². The first-order valence-electron chi connectivity index (χ1n) is 6.86. The first-order valence-corrected chi connectivity index (χ1v) is 6.86. The first kappa shape index (κ1) is 14.4. The van der Waals surface area contributed by atoms with Crippen molar-refractivity contribution in [2.75, 3.05) is 33.7 Å². The second kappa shape index (κ2) is 5.98. The maximum absolute atomic E-state index is 9.85. The molecule has 1 aromatic heterocycles. The maximum atomic E-state index is 9.85. The van der Waals surface area contributed by atoms with Gasteiger partial charge in [0.25, 0.3) is 0 Å². The van der Waals surface area contributed by atoms with Gasteiger partial charge in [-0.2, -0.15) is 4.98 Å². The van der Waals surface area contributed by atoms with E-state index in [-0.39, 0.29) is 12.0 Å². The Morgan fingerprint density at radius 1 is 1.37 bits per heavy atom. The molecule has 1 saturated heterocycles. The molecule has 2 heterocycles. The van der Waals surface area contributed by atoms with Crippen LogP contribution in [0.25, 0.3) is 0 Å². The molecular weight excluding hydrogens is 244 g/mol. The SMILES string of the molecule is CC(C)C(O)Cc1nc(C2CN(C)CCN2C)no1. The standard InChI is InChI=1S/C13H24N4O2/c1-9(2)11(18)7-12-14-13(15-19-12)10-8-16(3)5-6-17(10)4/h9-11,18H,5-8H2,1-4H3. The lowest BCUT2D eigenvalue weighted by Crippen LogP contribution is -2.45. The second-order valence-electron chi connectivity index (χ2n) is 5.82. The molecule has 108 valence electrons. The molecule has 0 spiro atoms. The lowest BCUT2D eigenvalue weighted by molar-refractivity contribution is 0.107. The molecule has 1 aliphatic heterocycles. The van der Waals surface area contributed by atoms with Gasteiger partial charge in [-0.25, -0.2) is 0 Å². The van der Waals surface area contributed by atoms with Crippen LogP contribution >= 0.6 is 0 Å². The molecule has 0 aliphatic carbocycles. The van der Waals surface area contributed by atoms with Gasteiger partial charge in [-0.3, -0.25) is 4.90 Å². The fourth-order valence-corrected chi connectivity index (χ4v) is 2.19. The highest BCUT2D eigenvalue weighted by Gasteiger charge is 2.28. The van der Waals surface area contributed by atoms with Crippen LogP contribution in [0.3, 0.4) is 0 Å². The number of aliphatic hydroxyl groups is 1.